The number of carboxylic acids is 1. The van der Waals surface area contributed by atoms with Gasteiger partial charge in [-0.1, -0.05) is 152 Å². The average molecular weight is 848 g/mol. The molecule has 14 nitrogen and oxygen atoms in total. The van der Waals surface area contributed by atoms with E-state index in [2.05, 4.69) is 33.0 Å². The zero-order valence-electron chi connectivity index (χ0n) is 33.9. The molecule has 1 heterocycles. The maximum Gasteiger partial charge on any atom is 0.321 e. The third-order valence-corrected chi connectivity index (χ3v) is 7.84. The van der Waals surface area contributed by atoms with Gasteiger partial charge in [-0.3, -0.25) is 39.0 Å². The Labute approximate surface area is 358 Å². The van der Waals surface area contributed by atoms with E-state index in [0.717, 1.165) is 23.7 Å². The normalized spacial score (nSPS) is 10.0. The number of nitrogens with two attached hydrogens (primary N) is 2. The first-order chi connectivity index (χ1) is 29.3. The number of rotatable bonds is 11. The predicted molar refractivity (Wildman–Crippen MR) is 238 cm³/mol. The summed E-state index contributed by atoms with van der Waals surface area (Å²) in [6.07, 6.45) is -0.183. The number of carboxylic acid groups (broad SMARTS) is 1. The van der Waals surface area contributed by atoms with Gasteiger partial charge in [0, 0.05) is 23.6 Å². The number of esters is 2. The Morgan fingerprint density at radius 3 is 1.52 bits per heavy atom. The van der Waals surface area contributed by atoms with Crippen molar-refractivity contribution in [1.29, 1.82) is 0 Å². The van der Waals surface area contributed by atoms with Crippen LogP contribution in [-0.4, -0.2) is 63.1 Å². The van der Waals surface area contributed by atoms with Crippen LogP contribution in [0.1, 0.15) is 59.4 Å². The number of H-pyrrole nitrogens is 2. The van der Waals surface area contributed by atoms with Crippen LogP contribution in [0.4, 0.5) is 0 Å². The van der Waals surface area contributed by atoms with E-state index in [1.54, 1.807) is 86.6 Å². The first-order valence-corrected chi connectivity index (χ1v) is 19.2. The lowest BCUT2D eigenvalue weighted by atomic mass is 9.91. The second kappa shape index (κ2) is 28.0. The van der Waals surface area contributed by atoms with Crippen LogP contribution in [0.2, 0.25) is 0 Å². The molecule has 318 valence electrons. The van der Waals surface area contributed by atoms with Gasteiger partial charge in [-0.2, -0.15) is 0 Å². The number of ketones is 2. The Kier molecular flexibility index (Phi) is 22.8. The lowest BCUT2D eigenvalue weighted by molar-refractivity contribution is -0.144. The highest BCUT2D eigenvalue weighted by molar-refractivity contribution is 7.80. The van der Waals surface area contributed by atoms with E-state index in [4.69, 9.17) is 20.4 Å². The maximum absolute atomic E-state index is 12.6. The minimum absolute atomic E-state index is 0.0972. The Balaban J connectivity index is 0.000000289. The van der Waals surface area contributed by atoms with Gasteiger partial charge in [0.1, 0.15) is 12.3 Å². The number of hydrazine groups is 1. The second-order valence-electron chi connectivity index (χ2n) is 12.2. The first kappa shape index (κ1) is 49.7. The maximum atomic E-state index is 12.6. The second-order valence-corrected chi connectivity index (χ2v) is 12.6. The zero-order chi connectivity index (χ0) is 45.0. The van der Waals surface area contributed by atoms with Crippen molar-refractivity contribution in [2.24, 2.45) is 11.6 Å². The molecule has 0 fully saturated rings. The fraction of sp³-hybridized carbons (Fsp3) is 0.152. The molecule has 0 saturated heterocycles. The molecule has 5 aromatic carbocycles. The summed E-state index contributed by atoms with van der Waals surface area (Å²) in [5, 5.41) is 13.1. The Morgan fingerprint density at radius 2 is 1.08 bits per heavy atom. The number of aliphatic carboxylic acids is 1. The van der Waals surface area contributed by atoms with Gasteiger partial charge in [0.15, 0.2) is 16.7 Å². The number of carbonyl (C=O) groups excluding carboxylic acids is 4. The van der Waals surface area contributed by atoms with Gasteiger partial charge in [-0.25, -0.2) is 5.84 Å². The third-order valence-electron chi connectivity index (χ3n) is 7.73. The highest BCUT2D eigenvalue weighted by atomic mass is 32.1. The molecule has 0 radical (unpaired) electrons. The summed E-state index contributed by atoms with van der Waals surface area (Å²) in [5.74, 6) is 1.49. The lowest BCUT2D eigenvalue weighted by Crippen LogP contribution is -2.34. The quantitative estimate of drug-likeness (QED) is 0.0195. The van der Waals surface area contributed by atoms with E-state index in [0.29, 0.717) is 28.9 Å². The van der Waals surface area contributed by atoms with Gasteiger partial charge in [0.25, 0.3) is 11.5 Å². The van der Waals surface area contributed by atoms with Gasteiger partial charge >= 0.3 is 11.9 Å². The largest absolute Gasteiger partial charge is 0.481 e. The highest BCUT2D eigenvalue weighted by Gasteiger charge is 2.30. The van der Waals surface area contributed by atoms with E-state index in [-0.39, 0.29) is 35.3 Å². The molecule has 6 rings (SSSR count). The highest BCUT2D eigenvalue weighted by Crippen LogP contribution is 2.27. The van der Waals surface area contributed by atoms with Crippen molar-refractivity contribution in [3.63, 3.8) is 0 Å². The summed E-state index contributed by atoms with van der Waals surface area (Å²) < 4.78 is 9.72. The molecule has 0 aliphatic heterocycles. The molecule has 61 heavy (non-hydrogen) atoms. The van der Waals surface area contributed by atoms with Crippen molar-refractivity contribution in [1.82, 2.24) is 15.6 Å². The van der Waals surface area contributed by atoms with Crippen LogP contribution in [0.3, 0.4) is 0 Å². The molecule has 0 aliphatic carbocycles. The van der Waals surface area contributed by atoms with Crippen LogP contribution < -0.4 is 22.6 Å². The molecule has 0 spiro atoms. The number of hydrogen-bond donors (Lipinski definition) is 6. The van der Waals surface area contributed by atoms with Crippen LogP contribution >= 0.6 is 12.2 Å². The number of nitrogens with one attached hydrogen (secondary N) is 3. The van der Waals surface area contributed by atoms with Gasteiger partial charge < -0.3 is 25.7 Å². The molecule has 8 N–H and O–H groups in total. The number of hydrogen-bond acceptors (Lipinski definition) is 10. The minimum atomic E-state index is -0.904. The SMILES string of the molecule is CC(=O)O.CCOC(=O)C(C(=O)c1ccccc1)c1ccccc1.CCOC(=O)CC(=O)c1ccccc1.NNC(N)=S.O=c1[nH][nH]c(-c2ccccc2)c1-c1ccccc1. The molecular weight excluding hydrogens is 799 g/mol. The number of ether oxygens (including phenoxy) is 2. The molecule has 6 aromatic rings. The molecule has 0 saturated carbocycles. The molecular formula is C46H49N5O9S. The molecule has 0 amide bonds. The van der Waals surface area contributed by atoms with Crippen LogP contribution in [0, 0.1) is 0 Å². The van der Waals surface area contributed by atoms with E-state index in [1.165, 1.54) is 0 Å². The van der Waals surface area contributed by atoms with Crippen molar-refractivity contribution in [3.8, 4) is 22.4 Å². The Morgan fingerprint density at radius 1 is 0.672 bits per heavy atom. The fourth-order valence-corrected chi connectivity index (χ4v) is 5.16. The van der Waals surface area contributed by atoms with E-state index < -0.39 is 23.8 Å². The number of aromatic nitrogens is 2. The smallest absolute Gasteiger partial charge is 0.321 e. The molecule has 15 heteroatoms. The molecule has 0 aliphatic rings. The summed E-state index contributed by atoms with van der Waals surface area (Å²) in [6, 6.07) is 46.0. The van der Waals surface area contributed by atoms with Gasteiger partial charge in [-0.05, 0) is 37.2 Å². The predicted octanol–water partition coefficient (Wildman–Crippen LogP) is 6.86. The summed E-state index contributed by atoms with van der Waals surface area (Å²) in [6.45, 7) is 5.09. The average Bonchev–Trinajstić information content (AvgIpc) is 3.67. The summed E-state index contributed by atoms with van der Waals surface area (Å²) >= 11 is 4.24. The van der Waals surface area contributed by atoms with Crippen LogP contribution in [0.5, 0.6) is 0 Å². The third kappa shape index (κ3) is 18.3. The number of carbonyl (C=O) groups is 5. The van der Waals surface area contributed by atoms with E-state index in [9.17, 15) is 24.0 Å². The van der Waals surface area contributed by atoms with Crippen LogP contribution in [0.25, 0.3) is 22.4 Å². The standard InChI is InChI=1S/C17H16O3.C15H12N2O.C11H12O3.C2H4O2.CH5N3S/c1-2-20-17(19)15(13-9-5-3-6-10-13)16(18)14-11-7-4-8-12-14;18-15-13(11-7-3-1-4-8-11)14(16-17-15)12-9-5-2-6-10-12;1-2-14-11(13)8-10(12)9-6-4-3-5-7-9;1-2(3)4;2-1(5)4-3/h3-12,15H,2H2,1H3;1-10H,(H2,16,17,18);3-7H,2,8H2,1H3;1H3,(H,3,4);3H2,(H3,2,4,5). The van der Waals surface area contributed by atoms with Crippen molar-refractivity contribution in [2.75, 3.05) is 13.2 Å². The molecule has 0 bridgehead atoms. The fourth-order valence-electron chi connectivity index (χ4n) is 5.16. The van der Waals surface area contributed by atoms with Crippen molar-refractivity contribution in [2.45, 2.75) is 33.1 Å². The van der Waals surface area contributed by atoms with E-state index in [1.807, 2.05) is 84.3 Å². The minimum Gasteiger partial charge on any atom is -0.481 e. The topological polar surface area (TPSA) is 237 Å². The Hall–Kier alpha value is -7.49. The van der Waals surface area contributed by atoms with Gasteiger partial charge in [-0.15, -0.1) is 0 Å². The summed E-state index contributed by atoms with van der Waals surface area (Å²) in [7, 11) is 0. The van der Waals surface area contributed by atoms with E-state index >= 15 is 0 Å². The summed E-state index contributed by atoms with van der Waals surface area (Å²) in [4.78, 5) is 68.0. The van der Waals surface area contributed by atoms with Crippen LogP contribution in [-0.2, 0) is 23.9 Å². The number of aromatic amines is 2. The lowest BCUT2D eigenvalue weighted by Gasteiger charge is -2.15. The molecule has 1 unspecified atom stereocenters. The van der Waals surface area contributed by atoms with Crippen molar-refractivity contribution < 1.29 is 38.6 Å². The molecule has 1 atom stereocenters. The Bertz CT molecular complexity index is 2300. The number of benzene rings is 5. The van der Waals surface area contributed by atoms with Gasteiger partial charge in [0.2, 0.25) is 0 Å². The molecule has 1 aromatic heterocycles. The monoisotopic (exact) mass is 847 g/mol. The summed E-state index contributed by atoms with van der Waals surface area (Å²) in [5.41, 5.74) is 11.8. The van der Waals surface area contributed by atoms with Crippen LogP contribution in [0.15, 0.2) is 156 Å². The zero-order valence-corrected chi connectivity index (χ0v) is 34.7. The number of Topliss-reactive ketones (excluding diaryl/α,β-unsaturated/α-hetero) is 2. The number of thiocarbonyl (C=S) groups is 1. The van der Waals surface area contributed by atoms with Crippen molar-refractivity contribution >= 4 is 46.8 Å². The first-order valence-electron chi connectivity index (χ1n) is 18.8. The van der Waals surface area contributed by atoms with Crippen molar-refractivity contribution in [3.05, 3.63) is 179 Å². The van der Waals surface area contributed by atoms with Gasteiger partial charge in [0.05, 0.1) is 24.5 Å².